The average molecular weight is 412 g/mol. The minimum absolute atomic E-state index is 0.250. The maximum Gasteiger partial charge on any atom is 0.0884 e. The Morgan fingerprint density at radius 1 is 0.903 bits per heavy atom. The number of aromatic nitrogens is 1. The first-order valence-electron chi connectivity index (χ1n) is 10.6. The number of carbonyl (C=O) groups excluding carboxylic acids is 1. The van der Waals surface area contributed by atoms with E-state index in [2.05, 4.69) is 55.6 Å². The number of carboxylic acid groups (broad SMARTS) is 1. The third-order valence-electron chi connectivity index (χ3n) is 5.86. The van der Waals surface area contributed by atoms with Crippen LogP contribution in [0.15, 0.2) is 66.7 Å². The zero-order valence-corrected chi connectivity index (χ0v) is 18.2. The lowest BCUT2D eigenvalue weighted by Crippen LogP contribution is -2.28. The Morgan fingerprint density at radius 3 is 2.32 bits per heavy atom. The number of carboxylic acids is 1. The van der Waals surface area contributed by atoms with Gasteiger partial charge in [0, 0.05) is 36.1 Å². The predicted octanol–water partition coefficient (Wildman–Crippen LogP) is 4.27. The van der Waals surface area contributed by atoms with Gasteiger partial charge < -0.3 is 19.8 Å². The van der Waals surface area contributed by atoms with Crippen molar-refractivity contribution in [1.82, 2.24) is 9.88 Å². The summed E-state index contributed by atoms with van der Waals surface area (Å²) in [6.45, 7) is 7.76. The number of hydrogen-bond donors (Lipinski definition) is 1. The van der Waals surface area contributed by atoms with E-state index in [1.165, 1.54) is 11.1 Å². The highest BCUT2D eigenvalue weighted by Crippen LogP contribution is 2.29. The molecule has 1 aromatic heterocycles. The summed E-state index contributed by atoms with van der Waals surface area (Å²) in [7, 11) is 0. The van der Waals surface area contributed by atoms with Gasteiger partial charge in [-0.25, -0.2) is 0 Å². The molecule has 0 bridgehead atoms. The summed E-state index contributed by atoms with van der Waals surface area (Å²) in [5.41, 5.74) is 7.67. The normalized spacial score (nSPS) is 11.2. The van der Waals surface area contributed by atoms with Gasteiger partial charge in [-0.3, -0.25) is 0 Å². The quantitative estimate of drug-likeness (QED) is 0.494. The zero-order chi connectivity index (χ0) is 22.0. The van der Waals surface area contributed by atoms with E-state index in [1.54, 1.807) is 0 Å². The molecule has 0 saturated carbocycles. The van der Waals surface area contributed by atoms with Crippen molar-refractivity contribution in [2.75, 3.05) is 0 Å². The number of nitrogens with one attached hydrogen (secondary N) is 1. The minimum atomic E-state index is -1.14. The third kappa shape index (κ3) is 4.39. The molecule has 1 heterocycles. The minimum Gasteiger partial charge on any atom is -0.543 e. The largest absolute Gasteiger partial charge is 0.543 e. The zero-order valence-electron chi connectivity index (χ0n) is 18.2. The Kier molecular flexibility index (Phi) is 5.92. The van der Waals surface area contributed by atoms with E-state index in [0.717, 1.165) is 33.2 Å². The van der Waals surface area contributed by atoms with Crippen molar-refractivity contribution in [3.63, 3.8) is 0 Å². The second-order valence-corrected chi connectivity index (χ2v) is 8.24. The maximum absolute atomic E-state index is 12.3. The summed E-state index contributed by atoms with van der Waals surface area (Å²) in [6.07, 6.45) is 0. The molecule has 0 atom stereocenters. The summed E-state index contributed by atoms with van der Waals surface area (Å²) in [4.78, 5) is 12.3. The van der Waals surface area contributed by atoms with Gasteiger partial charge in [-0.05, 0) is 49.1 Å². The van der Waals surface area contributed by atoms with Gasteiger partial charge in [0.2, 0.25) is 0 Å². The molecule has 4 heteroatoms. The number of benzene rings is 3. The van der Waals surface area contributed by atoms with E-state index >= 15 is 0 Å². The SMILES string of the molecule is Cc1ccc(CNCc2c(C(=O)[O-])n(Cc3ccccc3C)c3cc(C)ccc23)cc1. The van der Waals surface area contributed by atoms with Crippen LogP contribution in [0.25, 0.3) is 10.9 Å². The van der Waals surface area contributed by atoms with Crippen molar-refractivity contribution in [3.05, 3.63) is 106 Å². The predicted molar refractivity (Wildman–Crippen MR) is 123 cm³/mol. The third-order valence-corrected chi connectivity index (χ3v) is 5.86. The summed E-state index contributed by atoms with van der Waals surface area (Å²) >= 11 is 0. The van der Waals surface area contributed by atoms with Crippen LogP contribution in [-0.4, -0.2) is 10.5 Å². The number of aromatic carboxylic acids is 1. The first kappa shape index (κ1) is 20.9. The molecular formula is C27H27N2O2-. The monoisotopic (exact) mass is 411 g/mol. The van der Waals surface area contributed by atoms with Crippen molar-refractivity contribution in [2.45, 2.75) is 40.4 Å². The maximum atomic E-state index is 12.3. The van der Waals surface area contributed by atoms with Crippen molar-refractivity contribution < 1.29 is 9.90 Å². The molecule has 0 spiro atoms. The van der Waals surface area contributed by atoms with Crippen LogP contribution in [0.3, 0.4) is 0 Å². The number of fused-ring (bicyclic) bond motifs is 1. The highest BCUT2D eigenvalue weighted by atomic mass is 16.4. The van der Waals surface area contributed by atoms with Crippen LogP contribution in [0.4, 0.5) is 0 Å². The molecule has 0 unspecified atom stereocenters. The Hall–Kier alpha value is -3.37. The lowest BCUT2D eigenvalue weighted by Gasteiger charge is -2.15. The Morgan fingerprint density at radius 2 is 1.61 bits per heavy atom. The van der Waals surface area contributed by atoms with Crippen LogP contribution < -0.4 is 10.4 Å². The van der Waals surface area contributed by atoms with Gasteiger partial charge in [-0.2, -0.15) is 0 Å². The fourth-order valence-electron chi connectivity index (χ4n) is 4.10. The summed E-state index contributed by atoms with van der Waals surface area (Å²) in [5.74, 6) is -1.14. The Balaban J connectivity index is 1.73. The molecule has 158 valence electrons. The van der Waals surface area contributed by atoms with Crippen LogP contribution in [0.5, 0.6) is 0 Å². The Bertz CT molecular complexity index is 1240. The molecular weight excluding hydrogens is 384 g/mol. The molecule has 1 N–H and O–H groups in total. The van der Waals surface area contributed by atoms with Gasteiger partial charge in [0.1, 0.15) is 0 Å². The van der Waals surface area contributed by atoms with Crippen molar-refractivity contribution >= 4 is 16.9 Å². The first-order valence-corrected chi connectivity index (χ1v) is 10.6. The molecule has 0 radical (unpaired) electrons. The van der Waals surface area contributed by atoms with E-state index in [1.807, 2.05) is 41.8 Å². The van der Waals surface area contributed by atoms with Crippen LogP contribution >= 0.6 is 0 Å². The van der Waals surface area contributed by atoms with E-state index in [-0.39, 0.29) is 5.69 Å². The molecule has 0 amide bonds. The molecule has 4 nitrogen and oxygen atoms in total. The average Bonchev–Trinajstić information content (AvgIpc) is 3.04. The topological polar surface area (TPSA) is 57.1 Å². The van der Waals surface area contributed by atoms with E-state index < -0.39 is 5.97 Å². The van der Waals surface area contributed by atoms with Crippen LogP contribution in [0, 0.1) is 20.8 Å². The number of aryl methyl sites for hydroxylation is 3. The highest BCUT2D eigenvalue weighted by molar-refractivity contribution is 5.97. The molecule has 0 aliphatic heterocycles. The van der Waals surface area contributed by atoms with E-state index in [9.17, 15) is 9.90 Å². The van der Waals surface area contributed by atoms with Crippen LogP contribution in [0.1, 0.15) is 43.9 Å². The molecule has 3 aromatic carbocycles. The number of nitrogens with zero attached hydrogens (tertiary/aromatic N) is 1. The van der Waals surface area contributed by atoms with Crippen LogP contribution in [0.2, 0.25) is 0 Å². The number of rotatable bonds is 7. The molecule has 0 fully saturated rings. The van der Waals surface area contributed by atoms with Gasteiger partial charge >= 0.3 is 0 Å². The van der Waals surface area contributed by atoms with Gasteiger partial charge in [0.25, 0.3) is 0 Å². The fourth-order valence-corrected chi connectivity index (χ4v) is 4.10. The summed E-state index contributed by atoms with van der Waals surface area (Å²) in [6, 6.07) is 22.5. The highest BCUT2D eigenvalue weighted by Gasteiger charge is 2.18. The van der Waals surface area contributed by atoms with Crippen molar-refractivity contribution in [1.29, 1.82) is 0 Å². The second-order valence-electron chi connectivity index (χ2n) is 8.24. The van der Waals surface area contributed by atoms with Crippen molar-refractivity contribution in [2.24, 2.45) is 0 Å². The molecule has 31 heavy (non-hydrogen) atoms. The first-order chi connectivity index (χ1) is 14.9. The standard InChI is InChI=1S/C27H28N2O2/c1-18-8-11-21(12-9-18)15-28-16-24-23-13-10-19(2)14-25(23)29(26(24)27(30)31)17-22-7-5-4-6-20(22)3/h4-14,28H,15-17H2,1-3H3,(H,30,31)/p-1. The number of carbonyl (C=O) groups is 1. The smallest absolute Gasteiger partial charge is 0.0884 e. The summed E-state index contributed by atoms with van der Waals surface area (Å²) in [5, 5.41) is 16.7. The van der Waals surface area contributed by atoms with Gasteiger partial charge in [0.15, 0.2) is 0 Å². The molecule has 0 aliphatic rings. The molecule has 4 rings (SSSR count). The van der Waals surface area contributed by atoms with Gasteiger partial charge in [-0.1, -0.05) is 66.2 Å². The van der Waals surface area contributed by atoms with E-state index in [4.69, 9.17) is 0 Å². The van der Waals surface area contributed by atoms with Gasteiger partial charge in [0.05, 0.1) is 11.7 Å². The lowest BCUT2D eigenvalue weighted by atomic mass is 10.1. The molecule has 4 aromatic rings. The molecule has 0 saturated heterocycles. The lowest BCUT2D eigenvalue weighted by molar-refractivity contribution is -0.255. The molecule has 0 aliphatic carbocycles. The Labute approximate surface area is 183 Å². The summed E-state index contributed by atoms with van der Waals surface area (Å²) < 4.78 is 1.89. The second kappa shape index (κ2) is 8.78. The van der Waals surface area contributed by atoms with Gasteiger partial charge in [-0.15, -0.1) is 0 Å². The van der Waals surface area contributed by atoms with E-state index in [0.29, 0.717) is 19.6 Å². The number of hydrogen-bond acceptors (Lipinski definition) is 3. The van der Waals surface area contributed by atoms with Crippen molar-refractivity contribution in [3.8, 4) is 0 Å². The fraction of sp³-hybridized carbons (Fsp3) is 0.222. The van der Waals surface area contributed by atoms with Crippen LogP contribution in [-0.2, 0) is 19.6 Å².